The van der Waals surface area contributed by atoms with E-state index in [0.29, 0.717) is 17.3 Å². The SMILES string of the molecule is CC(C)C(N)c1cc2cc(F)ccc2o1. The van der Waals surface area contributed by atoms with Gasteiger partial charge < -0.3 is 10.2 Å². The smallest absolute Gasteiger partial charge is 0.134 e. The van der Waals surface area contributed by atoms with Gasteiger partial charge in [0.1, 0.15) is 17.2 Å². The molecular formula is C12H14FNO. The highest BCUT2D eigenvalue weighted by Gasteiger charge is 2.15. The minimum Gasteiger partial charge on any atom is -0.459 e. The van der Waals surface area contributed by atoms with E-state index in [2.05, 4.69) is 0 Å². The standard InChI is InChI=1S/C12H14FNO/c1-7(2)12(14)11-6-8-5-9(13)3-4-10(8)15-11/h3-7,12H,14H2,1-2H3. The maximum absolute atomic E-state index is 12.9. The molecule has 0 aliphatic rings. The zero-order valence-corrected chi connectivity index (χ0v) is 8.83. The molecule has 1 heterocycles. The van der Waals surface area contributed by atoms with Gasteiger partial charge in [0.25, 0.3) is 0 Å². The fourth-order valence-corrected chi connectivity index (χ4v) is 1.53. The second-order valence-corrected chi connectivity index (χ2v) is 4.10. The molecule has 0 aliphatic carbocycles. The lowest BCUT2D eigenvalue weighted by molar-refractivity contribution is 0.418. The molecule has 15 heavy (non-hydrogen) atoms. The number of nitrogens with two attached hydrogens (primary N) is 1. The van der Waals surface area contributed by atoms with Gasteiger partial charge in [-0.1, -0.05) is 13.8 Å². The largest absolute Gasteiger partial charge is 0.459 e. The highest BCUT2D eigenvalue weighted by atomic mass is 19.1. The molecule has 1 unspecified atom stereocenters. The van der Waals surface area contributed by atoms with Crippen molar-refractivity contribution in [2.45, 2.75) is 19.9 Å². The Morgan fingerprint density at radius 2 is 2.00 bits per heavy atom. The molecule has 1 aromatic carbocycles. The maximum Gasteiger partial charge on any atom is 0.134 e. The molecule has 2 nitrogen and oxygen atoms in total. The molecule has 0 bridgehead atoms. The Labute approximate surface area is 87.9 Å². The van der Waals surface area contributed by atoms with E-state index in [9.17, 15) is 4.39 Å². The zero-order chi connectivity index (χ0) is 11.0. The monoisotopic (exact) mass is 207 g/mol. The normalized spacial score (nSPS) is 13.7. The van der Waals surface area contributed by atoms with E-state index in [1.54, 1.807) is 6.07 Å². The van der Waals surface area contributed by atoms with E-state index in [4.69, 9.17) is 10.2 Å². The summed E-state index contributed by atoms with van der Waals surface area (Å²) in [6.07, 6.45) is 0. The molecule has 1 aromatic heterocycles. The topological polar surface area (TPSA) is 39.2 Å². The summed E-state index contributed by atoms with van der Waals surface area (Å²) in [5, 5.41) is 0.765. The summed E-state index contributed by atoms with van der Waals surface area (Å²) in [4.78, 5) is 0. The zero-order valence-electron chi connectivity index (χ0n) is 8.83. The molecule has 0 saturated heterocycles. The lowest BCUT2D eigenvalue weighted by Gasteiger charge is -2.11. The van der Waals surface area contributed by atoms with Crippen LogP contribution in [0.25, 0.3) is 11.0 Å². The Hall–Kier alpha value is -1.35. The molecule has 2 aromatic rings. The molecule has 0 aliphatic heterocycles. The van der Waals surface area contributed by atoms with Gasteiger partial charge in [0, 0.05) is 5.39 Å². The van der Waals surface area contributed by atoms with Crippen molar-refractivity contribution in [3.8, 4) is 0 Å². The van der Waals surface area contributed by atoms with Gasteiger partial charge in [0.2, 0.25) is 0 Å². The quantitative estimate of drug-likeness (QED) is 0.821. The van der Waals surface area contributed by atoms with Crippen molar-refractivity contribution in [1.29, 1.82) is 0 Å². The first-order valence-electron chi connectivity index (χ1n) is 5.02. The molecule has 80 valence electrons. The van der Waals surface area contributed by atoms with Gasteiger partial charge in [-0.3, -0.25) is 0 Å². The van der Waals surface area contributed by atoms with Crippen LogP contribution >= 0.6 is 0 Å². The van der Waals surface area contributed by atoms with Gasteiger partial charge in [-0.2, -0.15) is 0 Å². The second-order valence-electron chi connectivity index (χ2n) is 4.10. The molecule has 0 fully saturated rings. The van der Waals surface area contributed by atoms with E-state index >= 15 is 0 Å². The summed E-state index contributed by atoms with van der Waals surface area (Å²) in [6.45, 7) is 4.05. The predicted molar refractivity (Wildman–Crippen MR) is 57.9 cm³/mol. The fourth-order valence-electron chi connectivity index (χ4n) is 1.53. The third-order valence-electron chi connectivity index (χ3n) is 2.54. The summed E-state index contributed by atoms with van der Waals surface area (Å²) in [6, 6.07) is 6.14. The average molecular weight is 207 g/mol. The van der Waals surface area contributed by atoms with Crippen molar-refractivity contribution < 1.29 is 8.81 Å². The Bertz CT molecular complexity index is 475. The van der Waals surface area contributed by atoms with Gasteiger partial charge in [-0.05, 0) is 30.2 Å². The van der Waals surface area contributed by atoms with E-state index in [-0.39, 0.29) is 11.9 Å². The van der Waals surface area contributed by atoms with Crippen LogP contribution in [0.5, 0.6) is 0 Å². The Kier molecular flexibility index (Phi) is 2.49. The number of benzene rings is 1. The van der Waals surface area contributed by atoms with Gasteiger partial charge in [0.05, 0.1) is 6.04 Å². The lowest BCUT2D eigenvalue weighted by atomic mass is 10.0. The van der Waals surface area contributed by atoms with Crippen LogP contribution in [0.2, 0.25) is 0 Å². The third-order valence-corrected chi connectivity index (χ3v) is 2.54. The molecule has 3 heteroatoms. The first-order valence-corrected chi connectivity index (χ1v) is 5.02. The van der Waals surface area contributed by atoms with E-state index in [0.717, 1.165) is 5.39 Å². The Balaban J connectivity index is 2.47. The minimum absolute atomic E-state index is 0.138. The van der Waals surface area contributed by atoms with Crippen molar-refractivity contribution >= 4 is 11.0 Å². The summed E-state index contributed by atoms with van der Waals surface area (Å²) in [5.74, 6) is 0.758. The summed E-state index contributed by atoms with van der Waals surface area (Å²) < 4.78 is 18.5. The first-order chi connectivity index (χ1) is 7.08. The Morgan fingerprint density at radius 3 is 2.67 bits per heavy atom. The van der Waals surface area contributed by atoms with Crippen LogP contribution in [0.1, 0.15) is 25.6 Å². The van der Waals surface area contributed by atoms with Crippen LogP contribution in [-0.4, -0.2) is 0 Å². The molecule has 2 N–H and O–H groups in total. The minimum atomic E-state index is -0.257. The average Bonchev–Trinajstić information content (AvgIpc) is 2.58. The van der Waals surface area contributed by atoms with Gasteiger partial charge in [-0.15, -0.1) is 0 Å². The second kappa shape index (κ2) is 3.66. The van der Waals surface area contributed by atoms with E-state index < -0.39 is 0 Å². The van der Waals surface area contributed by atoms with E-state index in [1.807, 2.05) is 19.9 Å². The molecule has 1 atom stereocenters. The van der Waals surface area contributed by atoms with Crippen LogP contribution in [0.3, 0.4) is 0 Å². The number of halogens is 1. The highest BCUT2D eigenvalue weighted by Crippen LogP contribution is 2.26. The van der Waals surface area contributed by atoms with E-state index in [1.165, 1.54) is 12.1 Å². The Morgan fingerprint density at radius 1 is 1.27 bits per heavy atom. The predicted octanol–water partition coefficient (Wildman–Crippen LogP) is 3.23. The fraction of sp³-hybridized carbons (Fsp3) is 0.333. The highest BCUT2D eigenvalue weighted by molar-refractivity contribution is 5.78. The molecule has 0 saturated carbocycles. The number of hydrogen-bond donors (Lipinski definition) is 1. The molecular weight excluding hydrogens is 193 g/mol. The summed E-state index contributed by atoms with van der Waals surface area (Å²) in [5.41, 5.74) is 6.64. The van der Waals surface area contributed by atoms with Crippen LogP contribution < -0.4 is 5.73 Å². The summed E-state index contributed by atoms with van der Waals surface area (Å²) in [7, 11) is 0. The van der Waals surface area contributed by atoms with Crippen molar-refractivity contribution in [1.82, 2.24) is 0 Å². The third kappa shape index (κ3) is 1.88. The van der Waals surface area contributed by atoms with Crippen LogP contribution in [0.15, 0.2) is 28.7 Å². The number of fused-ring (bicyclic) bond motifs is 1. The van der Waals surface area contributed by atoms with Gasteiger partial charge in [0.15, 0.2) is 0 Å². The van der Waals surface area contributed by atoms with Crippen molar-refractivity contribution in [3.05, 3.63) is 35.8 Å². The molecule has 0 radical (unpaired) electrons. The molecule has 0 amide bonds. The van der Waals surface area contributed by atoms with Crippen LogP contribution in [0, 0.1) is 11.7 Å². The van der Waals surface area contributed by atoms with Crippen molar-refractivity contribution in [3.63, 3.8) is 0 Å². The van der Waals surface area contributed by atoms with Gasteiger partial charge in [-0.25, -0.2) is 4.39 Å². The summed E-state index contributed by atoms with van der Waals surface area (Å²) >= 11 is 0. The van der Waals surface area contributed by atoms with Crippen LogP contribution in [0.4, 0.5) is 4.39 Å². The number of rotatable bonds is 2. The lowest BCUT2D eigenvalue weighted by Crippen LogP contribution is -2.15. The maximum atomic E-state index is 12.9. The number of furan rings is 1. The first kappa shape index (κ1) is 10.2. The van der Waals surface area contributed by atoms with Gasteiger partial charge >= 0.3 is 0 Å². The molecule has 0 spiro atoms. The number of hydrogen-bond acceptors (Lipinski definition) is 2. The van der Waals surface area contributed by atoms with Crippen molar-refractivity contribution in [2.24, 2.45) is 11.7 Å². The van der Waals surface area contributed by atoms with Crippen molar-refractivity contribution in [2.75, 3.05) is 0 Å². The molecule has 2 rings (SSSR count). The van der Waals surface area contributed by atoms with Crippen LogP contribution in [-0.2, 0) is 0 Å².